The van der Waals surface area contributed by atoms with Crippen molar-refractivity contribution in [3.05, 3.63) is 0 Å². The lowest BCUT2D eigenvalue weighted by molar-refractivity contribution is -0.297. The molecule has 0 bridgehead atoms. The molecule has 13 nitrogen and oxygen atoms in total. The predicted molar refractivity (Wildman–Crippen MR) is 175 cm³/mol. The Hall–Kier alpha value is -1.87. The van der Waals surface area contributed by atoms with E-state index in [0.717, 1.165) is 12.8 Å². The summed E-state index contributed by atoms with van der Waals surface area (Å²) in [4.78, 5) is 42.2. The van der Waals surface area contributed by atoms with E-state index in [4.69, 9.17) is 23.7 Å². The van der Waals surface area contributed by atoms with E-state index < -0.39 is 65.7 Å². The molecule has 0 aromatic carbocycles. The number of ketones is 1. The molecule has 1 aliphatic carbocycles. The first-order valence-electron chi connectivity index (χ1n) is 17.5. The van der Waals surface area contributed by atoms with E-state index >= 15 is 0 Å². The van der Waals surface area contributed by atoms with E-state index in [1.807, 2.05) is 39.8 Å². The van der Waals surface area contributed by atoms with Crippen LogP contribution in [0.1, 0.15) is 80.6 Å². The average molecular weight is 669 g/mol. The smallest absolute Gasteiger partial charge is 0.408 e. The number of aliphatic hydroxyl groups is 1. The third-order valence-corrected chi connectivity index (χ3v) is 11.1. The number of amides is 1. The Kier molecular flexibility index (Phi) is 12.4. The number of aliphatic hydroxyl groups excluding tert-OH is 1. The molecule has 0 spiro atoms. The van der Waals surface area contributed by atoms with Crippen LogP contribution in [0.4, 0.5) is 4.79 Å². The lowest BCUT2D eigenvalue weighted by Gasteiger charge is -2.47. The molecule has 47 heavy (non-hydrogen) atoms. The van der Waals surface area contributed by atoms with Gasteiger partial charge in [-0.25, -0.2) is 4.79 Å². The molecule has 1 saturated carbocycles. The minimum Gasteiger partial charge on any atom is -0.458 e. The van der Waals surface area contributed by atoms with Gasteiger partial charge in [-0.05, 0) is 86.4 Å². The van der Waals surface area contributed by atoms with Gasteiger partial charge in [-0.15, -0.1) is 0 Å². The number of methoxy groups -OCH3 is 1. The maximum atomic E-state index is 14.2. The van der Waals surface area contributed by atoms with Crippen LogP contribution in [0.2, 0.25) is 0 Å². The van der Waals surface area contributed by atoms with Gasteiger partial charge < -0.3 is 49.6 Å². The molecule has 13 heteroatoms. The molecule has 13 atom stereocenters. The zero-order valence-electron chi connectivity index (χ0n) is 30.0. The normalized spacial score (nSPS) is 44.2. The van der Waals surface area contributed by atoms with Gasteiger partial charge in [0.15, 0.2) is 17.7 Å². The molecule has 0 aromatic rings. The summed E-state index contributed by atoms with van der Waals surface area (Å²) in [5.74, 6) is -3.03. The molecule has 270 valence electrons. The summed E-state index contributed by atoms with van der Waals surface area (Å²) < 4.78 is 31.1. The van der Waals surface area contributed by atoms with Gasteiger partial charge in [-0.1, -0.05) is 20.8 Å². The van der Waals surface area contributed by atoms with Crippen LogP contribution in [0, 0.1) is 17.8 Å². The molecule has 3 saturated heterocycles. The molecule has 4 aliphatic rings. The Morgan fingerprint density at radius 3 is 2.38 bits per heavy atom. The number of Topliss-reactive ketones (excluding diaryl/α,β-unsaturated/α-hetero) is 1. The number of ether oxygens (including phenoxy) is 5. The predicted octanol–water partition coefficient (Wildman–Crippen LogP) is 1.98. The van der Waals surface area contributed by atoms with Crippen molar-refractivity contribution in [3.63, 3.8) is 0 Å². The summed E-state index contributed by atoms with van der Waals surface area (Å²) in [6.07, 6.45) is -0.678. The Morgan fingerprint density at radius 2 is 1.79 bits per heavy atom. The van der Waals surface area contributed by atoms with Crippen LogP contribution in [0.5, 0.6) is 0 Å². The highest BCUT2D eigenvalue weighted by Crippen LogP contribution is 2.38. The van der Waals surface area contributed by atoms with Crippen LogP contribution >= 0.6 is 0 Å². The first-order chi connectivity index (χ1) is 22.1. The number of hydrogen-bond donors (Lipinski definition) is 4. The molecule has 0 radical (unpaired) electrons. The van der Waals surface area contributed by atoms with Crippen LogP contribution in [0.25, 0.3) is 0 Å². The Labute approximate surface area is 280 Å². The number of alkyl carbamates (subject to hydrolysis) is 1. The van der Waals surface area contributed by atoms with E-state index in [-0.39, 0.29) is 29.9 Å². The van der Waals surface area contributed by atoms with Gasteiger partial charge >= 0.3 is 12.1 Å². The van der Waals surface area contributed by atoms with E-state index in [9.17, 15) is 19.5 Å². The molecule has 5 unspecified atom stereocenters. The van der Waals surface area contributed by atoms with Crippen LogP contribution in [0.3, 0.4) is 0 Å². The van der Waals surface area contributed by atoms with Crippen LogP contribution < -0.4 is 16.0 Å². The minimum atomic E-state index is -1.14. The zero-order valence-corrected chi connectivity index (χ0v) is 30.0. The molecule has 3 heterocycles. The number of cyclic esters (lactones) is 1. The number of nitrogens with zero attached hydrogens (tertiary/aromatic N) is 1. The molecule has 4 fully saturated rings. The van der Waals surface area contributed by atoms with E-state index in [1.165, 1.54) is 6.92 Å². The minimum absolute atomic E-state index is 0.0323. The van der Waals surface area contributed by atoms with Gasteiger partial charge in [0.25, 0.3) is 0 Å². The number of carbonyl (C=O) groups is 3. The van der Waals surface area contributed by atoms with Gasteiger partial charge in [0, 0.05) is 37.7 Å². The lowest BCUT2D eigenvalue weighted by atomic mass is 9.78. The van der Waals surface area contributed by atoms with E-state index in [2.05, 4.69) is 22.9 Å². The molecule has 1 amide bonds. The number of likely N-dealkylation sites (N-methyl/N-ethyl adjacent to an activating group) is 1. The van der Waals surface area contributed by atoms with Crippen LogP contribution in [0.15, 0.2) is 0 Å². The number of carbonyl (C=O) groups excluding carboxylic acids is 3. The van der Waals surface area contributed by atoms with Crippen molar-refractivity contribution < 1.29 is 43.2 Å². The number of nitrogens with one attached hydrogen (secondary N) is 3. The standard InChI is InChI=1S/C34H60N4O9/c1-11-34-22(6)44-30(41)20(4)26(39)19(3)29(33(7,43-10)15-18(2)16-35-21(5)28(34)37-32(42)47-34)46-31-27(40)25(38(8)9)14-24(45-31)17-36-23-12-13-23/h18-25,27-29,31,35-36,40H,11-17H2,1-10H3,(H,37,42)/t18-,19+,20?,21-,22-,24?,25?,27?,28-,29-,31?,33-,34-/m1/s1. The summed E-state index contributed by atoms with van der Waals surface area (Å²) in [5.41, 5.74) is -2.13. The maximum absolute atomic E-state index is 14.2. The third kappa shape index (κ3) is 8.30. The van der Waals surface area contributed by atoms with Crippen molar-refractivity contribution in [2.24, 2.45) is 17.8 Å². The monoisotopic (exact) mass is 668 g/mol. The molecular weight excluding hydrogens is 608 g/mol. The summed E-state index contributed by atoms with van der Waals surface area (Å²) >= 11 is 0. The van der Waals surface area contributed by atoms with Gasteiger partial charge in [-0.3, -0.25) is 9.59 Å². The third-order valence-electron chi connectivity index (χ3n) is 11.1. The fourth-order valence-corrected chi connectivity index (χ4v) is 7.80. The largest absolute Gasteiger partial charge is 0.458 e. The number of fused-ring (bicyclic) bond motifs is 1. The lowest BCUT2D eigenvalue weighted by Crippen LogP contribution is -2.60. The highest BCUT2D eigenvalue weighted by molar-refractivity contribution is 6.00. The second-order valence-corrected chi connectivity index (χ2v) is 15.0. The Balaban J connectivity index is 1.66. The second kappa shape index (κ2) is 15.3. The van der Waals surface area contributed by atoms with Crippen molar-refractivity contribution in [3.8, 4) is 0 Å². The van der Waals surface area contributed by atoms with Crippen LogP contribution in [-0.2, 0) is 33.3 Å². The summed E-state index contributed by atoms with van der Waals surface area (Å²) in [5, 5.41) is 21.5. The Morgan fingerprint density at radius 1 is 1.11 bits per heavy atom. The van der Waals surface area contributed by atoms with Gasteiger partial charge in [-0.2, -0.15) is 0 Å². The molecule has 4 rings (SSSR count). The first kappa shape index (κ1) is 37.9. The van der Waals surface area contributed by atoms with Gasteiger partial charge in [0.1, 0.15) is 18.1 Å². The molecular formula is C34H60N4O9. The van der Waals surface area contributed by atoms with Crippen molar-refractivity contribution in [2.45, 2.75) is 147 Å². The van der Waals surface area contributed by atoms with Crippen molar-refractivity contribution >= 4 is 17.8 Å². The highest BCUT2D eigenvalue weighted by Gasteiger charge is 2.56. The van der Waals surface area contributed by atoms with E-state index in [1.54, 1.807) is 21.0 Å². The SMILES string of the molecule is CC[C@]12OC(=O)N[C@@H]1[C@@H](C)NC[C@H](C)C[C@@](C)(OC)[C@H](OC1OC(CNC3CC3)CC(N(C)C)C1O)[C@@H](C)C(=O)C(C)C(=O)O[C@@H]2C. The first-order valence-corrected chi connectivity index (χ1v) is 17.5. The average Bonchev–Trinajstić information content (AvgIpc) is 3.80. The van der Waals surface area contributed by atoms with Gasteiger partial charge in [0.05, 0.1) is 23.9 Å². The number of hydrogen-bond acceptors (Lipinski definition) is 12. The molecule has 3 aliphatic heterocycles. The Bertz CT molecular complexity index is 1110. The molecule has 0 aromatic heterocycles. The van der Waals surface area contributed by atoms with Crippen molar-refractivity contribution in [1.29, 1.82) is 0 Å². The number of esters is 1. The maximum Gasteiger partial charge on any atom is 0.408 e. The fourth-order valence-electron chi connectivity index (χ4n) is 7.80. The van der Waals surface area contributed by atoms with E-state index in [0.29, 0.717) is 38.4 Å². The summed E-state index contributed by atoms with van der Waals surface area (Å²) in [7, 11) is 5.44. The van der Waals surface area contributed by atoms with Gasteiger partial charge in [0.2, 0.25) is 0 Å². The quantitative estimate of drug-likeness (QED) is 0.221. The van der Waals surface area contributed by atoms with Crippen molar-refractivity contribution in [1.82, 2.24) is 20.9 Å². The second-order valence-electron chi connectivity index (χ2n) is 15.0. The summed E-state index contributed by atoms with van der Waals surface area (Å²) in [6, 6.07) is -0.442. The zero-order chi connectivity index (χ0) is 34.8. The number of rotatable bonds is 8. The molecule has 4 N–H and O–H groups in total. The van der Waals surface area contributed by atoms with Crippen LogP contribution in [-0.4, -0.2) is 128 Å². The highest BCUT2D eigenvalue weighted by atomic mass is 16.7. The topological polar surface area (TPSA) is 157 Å². The van der Waals surface area contributed by atoms with Crippen molar-refractivity contribution in [2.75, 3.05) is 34.3 Å². The summed E-state index contributed by atoms with van der Waals surface area (Å²) in [6.45, 7) is 14.0. The fraction of sp³-hybridized carbons (Fsp3) is 0.912.